The fourth-order valence-corrected chi connectivity index (χ4v) is 1.75. The van der Waals surface area contributed by atoms with Crippen molar-refractivity contribution in [1.82, 2.24) is 0 Å². The number of ether oxygens (including phenoxy) is 2. The number of rotatable bonds is 4. The molecular formula is C11H14BFO4. The average Bonchev–Trinajstić information content (AvgIpc) is 2.78. The first-order valence-corrected chi connectivity index (χ1v) is 5.52. The summed E-state index contributed by atoms with van der Waals surface area (Å²) in [5, 5.41) is 17.9. The van der Waals surface area contributed by atoms with Crippen LogP contribution in [0.4, 0.5) is 4.39 Å². The van der Waals surface area contributed by atoms with Crippen LogP contribution < -0.4 is 10.2 Å². The smallest absolute Gasteiger partial charge is 0.488 e. The summed E-state index contributed by atoms with van der Waals surface area (Å²) < 4.78 is 23.8. The van der Waals surface area contributed by atoms with E-state index in [0.29, 0.717) is 24.9 Å². The first-order valence-electron chi connectivity index (χ1n) is 5.52. The van der Waals surface area contributed by atoms with Crippen molar-refractivity contribution in [3.63, 3.8) is 0 Å². The molecule has 1 aromatic carbocycles. The molecule has 1 aromatic rings. The van der Waals surface area contributed by atoms with Gasteiger partial charge in [-0.15, -0.1) is 0 Å². The van der Waals surface area contributed by atoms with E-state index >= 15 is 0 Å². The van der Waals surface area contributed by atoms with Crippen LogP contribution in [0.15, 0.2) is 18.2 Å². The normalized spacial score (nSPS) is 19.4. The summed E-state index contributed by atoms with van der Waals surface area (Å²) >= 11 is 0. The van der Waals surface area contributed by atoms with Gasteiger partial charge >= 0.3 is 7.12 Å². The highest BCUT2D eigenvalue weighted by Gasteiger charge is 2.17. The van der Waals surface area contributed by atoms with Gasteiger partial charge in [0.05, 0.1) is 13.2 Å². The lowest BCUT2D eigenvalue weighted by Crippen LogP contribution is -2.30. The molecule has 1 fully saturated rings. The fraction of sp³-hybridized carbons (Fsp3) is 0.455. The van der Waals surface area contributed by atoms with Crippen molar-refractivity contribution < 1.29 is 23.9 Å². The van der Waals surface area contributed by atoms with Gasteiger partial charge in [0.15, 0.2) is 0 Å². The Bertz CT molecular complexity index is 380. The summed E-state index contributed by atoms with van der Waals surface area (Å²) in [7, 11) is -1.69. The van der Waals surface area contributed by atoms with Crippen LogP contribution in [-0.2, 0) is 4.74 Å². The zero-order valence-electron chi connectivity index (χ0n) is 9.30. The van der Waals surface area contributed by atoms with Crippen molar-refractivity contribution >= 4 is 12.6 Å². The van der Waals surface area contributed by atoms with E-state index in [2.05, 4.69) is 0 Å². The molecule has 0 spiro atoms. The molecule has 4 nitrogen and oxygen atoms in total. The average molecular weight is 240 g/mol. The van der Waals surface area contributed by atoms with Gasteiger partial charge in [-0.1, -0.05) is 0 Å². The van der Waals surface area contributed by atoms with Crippen molar-refractivity contribution in [2.24, 2.45) is 5.92 Å². The van der Waals surface area contributed by atoms with E-state index in [-0.39, 0.29) is 5.46 Å². The Morgan fingerprint density at radius 2 is 2.24 bits per heavy atom. The number of halogens is 1. The van der Waals surface area contributed by atoms with Crippen LogP contribution in [0.2, 0.25) is 0 Å². The topological polar surface area (TPSA) is 58.9 Å². The third kappa shape index (κ3) is 3.42. The SMILES string of the molecule is OB(O)c1cc(F)cc(OCC2CCOC2)c1. The third-order valence-corrected chi connectivity index (χ3v) is 2.70. The van der Waals surface area contributed by atoms with E-state index in [1.54, 1.807) is 0 Å². The second kappa shape index (κ2) is 5.49. The fourth-order valence-electron chi connectivity index (χ4n) is 1.75. The van der Waals surface area contributed by atoms with E-state index in [1.807, 2.05) is 0 Å². The van der Waals surface area contributed by atoms with Gasteiger partial charge in [0.2, 0.25) is 0 Å². The van der Waals surface area contributed by atoms with Crippen molar-refractivity contribution in [2.75, 3.05) is 19.8 Å². The monoisotopic (exact) mass is 240 g/mol. The van der Waals surface area contributed by atoms with E-state index in [0.717, 1.165) is 19.1 Å². The molecule has 1 aliphatic rings. The van der Waals surface area contributed by atoms with Gasteiger partial charge in [-0.25, -0.2) is 4.39 Å². The maximum atomic E-state index is 13.2. The lowest BCUT2D eigenvalue weighted by atomic mass is 9.80. The molecule has 0 saturated carbocycles. The second-order valence-electron chi connectivity index (χ2n) is 4.13. The molecule has 1 atom stereocenters. The van der Waals surface area contributed by atoms with Crippen LogP contribution in [0, 0.1) is 11.7 Å². The van der Waals surface area contributed by atoms with Gasteiger partial charge in [0.25, 0.3) is 0 Å². The molecule has 1 heterocycles. The van der Waals surface area contributed by atoms with E-state index in [4.69, 9.17) is 19.5 Å². The third-order valence-electron chi connectivity index (χ3n) is 2.70. The Balaban J connectivity index is 1.99. The summed E-state index contributed by atoms with van der Waals surface area (Å²) in [5.41, 5.74) is 0.0858. The van der Waals surface area contributed by atoms with Crippen molar-refractivity contribution in [3.05, 3.63) is 24.0 Å². The number of hydrogen-bond donors (Lipinski definition) is 2. The molecule has 92 valence electrons. The maximum Gasteiger partial charge on any atom is 0.488 e. The van der Waals surface area contributed by atoms with Crippen molar-refractivity contribution in [3.8, 4) is 5.75 Å². The standard InChI is InChI=1S/C11H14BFO4/c13-10-3-9(12(14)15)4-11(5-10)17-7-8-1-2-16-6-8/h3-5,8,14-15H,1-2,6-7H2. The predicted octanol–water partition coefficient (Wildman–Crippen LogP) is -0.0792. The minimum atomic E-state index is -1.69. The minimum Gasteiger partial charge on any atom is -0.493 e. The quantitative estimate of drug-likeness (QED) is 0.723. The second-order valence-corrected chi connectivity index (χ2v) is 4.13. The van der Waals surface area contributed by atoms with Gasteiger partial charge in [0, 0.05) is 18.6 Å². The molecule has 0 amide bonds. The Morgan fingerprint density at radius 1 is 1.41 bits per heavy atom. The van der Waals surface area contributed by atoms with Crippen LogP contribution in [-0.4, -0.2) is 37.0 Å². The number of benzene rings is 1. The van der Waals surface area contributed by atoms with Crippen LogP contribution in [0.5, 0.6) is 5.75 Å². The Labute approximate surface area is 99.1 Å². The molecular weight excluding hydrogens is 226 g/mol. The Morgan fingerprint density at radius 3 is 2.88 bits per heavy atom. The molecule has 0 radical (unpaired) electrons. The molecule has 0 bridgehead atoms. The zero-order valence-corrected chi connectivity index (χ0v) is 9.30. The van der Waals surface area contributed by atoms with Crippen molar-refractivity contribution in [1.29, 1.82) is 0 Å². The van der Waals surface area contributed by atoms with Crippen LogP contribution in [0.1, 0.15) is 6.42 Å². The van der Waals surface area contributed by atoms with Gasteiger partial charge in [-0.2, -0.15) is 0 Å². The van der Waals surface area contributed by atoms with E-state index in [9.17, 15) is 4.39 Å². The highest BCUT2D eigenvalue weighted by molar-refractivity contribution is 6.58. The van der Waals surface area contributed by atoms with Crippen LogP contribution in [0.25, 0.3) is 0 Å². The first-order chi connectivity index (χ1) is 8.15. The summed E-state index contributed by atoms with van der Waals surface area (Å²) in [6.07, 6.45) is 0.935. The zero-order chi connectivity index (χ0) is 12.3. The summed E-state index contributed by atoms with van der Waals surface area (Å²) in [4.78, 5) is 0. The minimum absolute atomic E-state index is 0.0858. The lowest BCUT2D eigenvalue weighted by Gasteiger charge is -2.11. The molecule has 2 rings (SSSR count). The van der Waals surface area contributed by atoms with Crippen LogP contribution >= 0.6 is 0 Å². The Kier molecular flexibility index (Phi) is 3.99. The maximum absolute atomic E-state index is 13.2. The predicted molar refractivity (Wildman–Crippen MR) is 60.6 cm³/mol. The summed E-state index contributed by atoms with van der Waals surface area (Å²) in [5.74, 6) is 0.0778. The summed E-state index contributed by atoms with van der Waals surface area (Å²) in [6.45, 7) is 1.84. The molecule has 0 aliphatic carbocycles. The highest BCUT2D eigenvalue weighted by atomic mass is 19.1. The Hall–Kier alpha value is -1.11. The summed E-state index contributed by atoms with van der Waals surface area (Å²) in [6, 6.07) is 3.71. The molecule has 0 aromatic heterocycles. The number of hydrogen-bond acceptors (Lipinski definition) is 4. The van der Waals surface area contributed by atoms with Gasteiger partial charge < -0.3 is 19.5 Å². The van der Waals surface area contributed by atoms with Gasteiger partial charge in [-0.3, -0.25) is 0 Å². The van der Waals surface area contributed by atoms with Gasteiger partial charge in [0.1, 0.15) is 11.6 Å². The first kappa shape index (κ1) is 12.4. The highest BCUT2D eigenvalue weighted by Crippen LogP contribution is 2.16. The van der Waals surface area contributed by atoms with E-state index < -0.39 is 12.9 Å². The van der Waals surface area contributed by atoms with Gasteiger partial charge in [-0.05, 0) is 24.0 Å². The molecule has 6 heteroatoms. The largest absolute Gasteiger partial charge is 0.493 e. The van der Waals surface area contributed by atoms with E-state index in [1.165, 1.54) is 12.1 Å². The molecule has 17 heavy (non-hydrogen) atoms. The molecule has 1 unspecified atom stereocenters. The molecule has 1 aliphatic heterocycles. The molecule has 2 N–H and O–H groups in total. The lowest BCUT2D eigenvalue weighted by molar-refractivity contribution is 0.167. The van der Waals surface area contributed by atoms with Crippen molar-refractivity contribution in [2.45, 2.75) is 6.42 Å². The van der Waals surface area contributed by atoms with Crippen LogP contribution in [0.3, 0.4) is 0 Å². The molecule has 1 saturated heterocycles.